The van der Waals surface area contributed by atoms with Gasteiger partial charge >= 0.3 is 0 Å². The Bertz CT molecular complexity index is 380. The molecule has 18 heavy (non-hydrogen) atoms. The van der Waals surface area contributed by atoms with Gasteiger partial charge in [-0.3, -0.25) is 4.79 Å². The third kappa shape index (κ3) is 3.55. The highest BCUT2D eigenvalue weighted by Crippen LogP contribution is 2.18. The fourth-order valence-electron chi connectivity index (χ4n) is 2.08. The van der Waals surface area contributed by atoms with Gasteiger partial charge in [-0.2, -0.15) is 0 Å². The van der Waals surface area contributed by atoms with E-state index >= 15 is 0 Å². The van der Waals surface area contributed by atoms with Crippen LogP contribution < -0.4 is 5.32 Å². The highest BCUT2D eigenvalue weighted by atomic mass is 16.7. The van der Waals surface area contributed by atoms with Crippen molar-refractivity contribution in [2.75, 3.05) is 13.7 Å². The Morgan fingerprint density at radius 3 is 2.89 bits per heavy atom. The van der Waals surface area contributed by atoms with Gasteiger partial charge in [0.25, 0.3) is 5.91 Å². The summed E-state index contributed by atoms with van der Waals surface area (Å²) in [6.45, 7) is 0.535. The number of benzene rings is 1. The van der Waals surface area contributed by atoms with Gasteiger partial charge in [-0.25, -0.2) is 0 Å². The molecule has 1 fully saturated rings. The lowest BCUT2D eigenvalue weighted by molar-refractivity contribution is -0.177. The summed E-state index contributed by atoms with van der Waals surface area (Å²) in [6.07, 6.45) is 2.90. The number of hydrogen-bond acceptors (Lipinski definition) is 3. The third-order valence-electron chi connectivity index (χ3n) is 3.10. The van der Waals surface area contributed by atoms with Crippen LogP contribution in [0.5, 0.6) is 0 Å². The summed E-state index contributed by atoms with van der Waals surface area (Å²) in [5, 5.41) is 2.89. The van der Waals surface area contributed by atoms with Crippen molar-refractivity contribution in [2.45, 2.75) is 31.7 Å². The molecule has 4 heteroatoms. The molecule has 2 rings (SSSR count). The molecule has 0 bridgehead atoms. The Morgan fingerprint density at radius 1 is 1.39 bits per heavy atom. The second kappa shape index (κ2) is 6.52. The predicted octanol–water partition coefficient (Wildman–Crippen LogP) is 1.96. The SMILES string of the molecule is CO[C@@H]1CCC[C@@H](CNC(=O)c2ccccc2)O1. The van der Waals surface area contributed by atoms with Gasteiger partial charge in [0.2, 0.25) is 0 Å². The quantitative estimate of drug-likeness (QED) is 0.887. The van der Waals surface area contributed by atoms with Gasteiger partial charge in [0.1, 0.15) is 0 Å². The number of rotatable bonds is 4. The molecule has 0 radical (unpaired) electrons. The van der Waals surface area contributed by atoms with Crippen LogP contribution in [0.1, 0.15) is 29.6 Å². The first-order chi connectivity index (χ1) is 8.79. The molecule has 1 aliphatic heterocycles. The lowest BCUT2D eigenvalue weighted by Crippen LogP contribution is -2.38. The highest BCUT2D eigenvalue weighted by molar-refractivity contribution is 5.94. The molecule has 98 valence electrons. The number of carbonyl (C=O) groups excluding carboxylic acids is 1. The van der Waals surface area contributed by atoms with E-state index in [0.717, 1.165) is 19.3 Å². The summed E-state index contributed by atoms with van der Waals surface area (Å²) in [5.74, 6) is -0.0567. The van der Waals surface area contributed by atoms with Crippen LogP contribution in [0.2, 0.25) is 0 Å². The standard InChI is InChI=1S/C14H19NO3/c1-17-13-9-5-8-12(18-13)10-15-14(16)11-6-3-2-4-7-11/h2-4,6-7,12-13H,5,8-10H2,1H3,(H,15,16)/t12-,13-/m0/s1. The molecule has 0 aliphatic carbocycles. The number of methoxy groups -OCH3 is 1. The highest BCUT2D eigenvalue weighted by Gasteiger charge is 2.22. The summed E-state index contributed by atoms with van der Waals surface area (Å²) in [5.41, 5.74) is 0.677. The first kappa shape index (κ1) is 13.1. The van der Waals surface area contributed by atoms with E-state index in [1.807, 2.05) is 18.2 Å². The van der Waals surface area contributed by atoms with E-state index < -0.39 is 0 Å². The smallest absolute Gasteiger partial charge is 0.251 e. The van der Waals surface area contributed by atoms with Crippen molar-refractivity contribution in [1.29, 1.82) is 0 Å². The zero-order chi connectivity index (χ0) is 12.8. The van der Waals surface area contributed by atoms with Crippen LogP contribution in [0, 0.1) is 0 Å². The zero-order valence-corrected chi connectivity index (χ0v) is 10.6. The fourth-order valence-corrected chi connectivity index (χ4v) is 2.08. The maximum atomic E-state index is 11.8. The lowest BCUT2D eigenvalue weighted by atomic mass is 10.1. The van der Waals surface area contributed by atoms with Gasteiger partial charge in [-0.1, -0.05) is 18.2 Å². The minimum absolute atomic E-state index is 0.0522. The van der Waals surface area contributed by atoms with E-state index in [0.29, 0.717) is 12.1 Å². The summed E-state index contributed by atoms with van der Waals surface area (Å²) in [4.78, 5) is 11.8. The van der Waals surface area contributed by atoms with Crippen molar-refractivity contribution in [3.05, 3.63) is 35.9 Å². The molecule has 1 amide bonds. The molecule has 1 heterocycles. The van der Waals surface area contributed by atoms with E-state index in [-0.39, 0.29) is 18.3 Å². The maximum absolute atomic E-state index is 11.8. The molecule has 1 aromatic rings. The molecule has 1 saturated heterocycles. The van der Waals surface area contributed by atoms with Crippen LogP contribution >= 0.6 is 0 Å². The molecule has 4 nitrogen and oxygen atoms in total. The largest absolute Gasteiger partial charge is 0.356 e. The number of ether oxygens (including phenoxy) is 2. The van der Waals surface area contributed by atoms with Crippen LogP contribution in [-0.4, -0.2) is 32.0 Å². The Kier molecular flexibility index (Phi) is 4.73. The minimum Gasteiger partial charge on any atom is -0.356 e. The molecule has 0 unspecified atom stereocenters. The topological polar surface area (TPSA) is 47.6 Å². The van der Waals surface area contributed by atoms with E-state index in [1.165, 1.54) is 0 Å². The first-order valence-corrected chi connectivity index (χ1v) is 6.31. The van der Waals surface area contributed by atoms with Gasteiger partial charge in [0.05, 0.1) is 6.10 Å². The van der Waals surface area contributed by atoms with Crippen molar-refractivity contribution in [1.82, 2.24) is 5.32 Å². The lowest BCUT2D eigenvalue weighted by Gasteiger charge is -2.29. The van der Waals surface area contributed by atoms with E-state index in [1.54, 1.807) is 19.2 Å². The summed E-state index contributed by atoms with van der Waals surface area (Å²) in [7, 11) is 1.65. The summed E-state index contributed by atoms with van der Waals surface area (Å²) < 4.78 is 10.9. The van der Waals surface area contributed by atoms with Crippen LogP contribution in [0.4, 0.5) is 0 Å². The predicted molar refractivity (Wildman–Crippen MR) is 68.3 cm³/mol. The normalized spacial score (nSPS) is 23.6. The molecule has 1 aromatic carbocycles. The van der Waals surface area contributed by atoms with Gasteiger partial charge in [0.15, 0.2) is 6.29 Å². The summed E-state index contributed by atoms with van der Waals surface area (Å²) >= 11 is 0. The molecule has 0 saturated carbocycles. The first-order valence-electron chi connectivity index (χ1n) is 6.31. The zero-order valence-electron chi connectivity index (χ0n) is 10.6. The molecular weight excluding hydrogens is 230 g/mol. The van der Waals surface area contributed by atoms with Crippen LogP contribution in [0.3, 0.4) is 0 Å². The second-order valence-electron chi connectivity index (χ2n) is 4.43. The number of nitrogens with one attached hydrogen (secondary N) is 1. The van der Waals surface area contributed by atoms with Crippen molar-refractivity contribution in [3.8, 4) is 0 Å². The number of hydrogen-bond donors (Lipinski definition) is 1. The second-order valence-corrected chi connectivity index (χ2v) is 4.43. The summed E-state index contributed by atoms with van der Waals surface area (Å²) in [6, 6.07) is 9.20. The Labute approximate surface area is 107 Å². The molecule has 2 atom stereocenters. The number of carbonyl (C=O) groups is 1. The average Bonchev–Trinajstić information content (AvgIpc) is 2.46. The fraction of sp³-hybridized carbons (Fsp3) is 0.500. The monoisotopic (exact) mass is 249 g/mol. The Morgan fingerprint density at radius 2 is 2.17 bits per heavy atom. The Balaban J connectivity index is 1.79. The van der Waals surface area contributed by atoms with E-state index in [4.69, 9.17) is 9.47 Å². The Hall–Kier alpha value is -1.39. The van der Waals surface area contributed by atoms with E-state index in [2.05, 4.69) is 5.32 Å². The molecular formula is C14H19NO3. The van der Waals surface area contributed by atoms with Crippen LogP contribution in [0.25, 0.3) is 0 Å². The average molecular weight is 249 g/mol. The van der Waals surface area contributed by atoms with Crippen molar-refractivity contribution in [2.24, 2.45) is 0 Å². The minimum atomic E-state index is -0.127. The van der Waals surface area contributed by atoms with Crippen LogP contribution in [0.15, 0.2) is 30.3 Å². The van der Waals surface area contributed by atoms with E-state index in [9.17, 15) is 4.79 Å². The van der Waals surface area contributed by atoms with Crippen molar-refractivity contribution >= 4 is 5.91 Å². The molecule has 0 aromatic heterocycles. The van der Waals surface area contributed by atoms with Gasteiger partial charge in [0, 0.05) is 19.2 Å². The van der Waals surface area contributed by atoms with Crippen LogP contribution in [-0.2, 0) is 9.47 Å². The third-order valence-corrected chi connectivity index (χ3v) is 3.10. The van der Waals surface area contributed by atoms with Gasteiger partial charge in [-0.05, 0) is 31.4 Å². The van der Waals surface area contributed by atoms with Crippen molar-refractivity contribution < 1.29 is 14.3 Å². The van der Waals surface area contributed by atoms with Gasteiger partial charge < -0.3 is 14.8 Å². The molecule has 1 N–H and O–H groups in total. The van der Waals surface area contributed by atoms with Crippen molar-refractivity contribution in [3.63, 3.8) is 0 Å². The van der Waals surface area contributed by atoms with Gasteiger partial charge in [-0.15, -0.1) is 0 Å². The molecule has 1 aliphatic rings. The maximum Gasteiger partial charge on any atom is 0.251 e. The molecule has 0 spiro atoms. The number of amides is 1.